The van der Waals surface area contributed by atoms with Crippen LogP contribution in [-0.2, 0) is 17.9 Å². The summed E-state index contributed by atoms with van der Waals surface area (Å²) in [7, 11) is 4.78. The van der Waals surface area contributed by atoms with Gasteiger partial charge in [0.1, 0.15) is 0 Å². The van der Waals surface area contributed by atoms with E-state index in [4.69, 9.17) is 14.2 Å². The Kier molecular flexibility index (Phi) is 6.86. The number of carbonyl (C=O) groups excluding carboxylic acids is 1. The number of nitrogens with one attached hydrogen (secondary N) is 1. The highest BCUT2D eigenvalue weighted by Crippen LogP contribution is 2.31. The summed E-state index contributed by atoms with van der Waals surface area (Å²) < 4.78 is 16.4. The monoisotopic (exact) mass is 441 g/mol. The molecular formula is C18H20INO4. The molecule has 0 heterocycles. The minimum absolute atomic E-state index is 0.155. The van der Waals surface area contributed by atoms with Crippen molar-refractivity contribution in [2.24, 2.45) is 0 Å². The van der Waals surface area contributed by atoms with Crippen LogP contribution in [-0.4, -0.2) is 27.2 Å². The molecule has 0 aliphatic heterocycles. The van der Waals surface area contributed by atoms with Crippen LogP contribution >= 0.6 is 22.6 Å². The Balaban J connectivity index is 2.11. The lowest BCUT2D eigenvalue weighted by Crippen LogP contribution is -2.23. The highest BCUT2D eigenvalue weighted by atomic mass is 127. The molecule has 0 bridgehead atoms. The average Bonchev–Trinajstić information content (AvgIpc) is 2.60. The maximum absolute atomic E-state index is 12.5. The lowest BCUT2D eigenvalue weighted by atomic mass is 10.1. The Hall–Kier alpha value is -1.80. The van der Waals surface area contributed by atoms with Crippen molar-refractivity contribution in [3.63, 3.8) is 0 Å². The molecule has 128 valence electrons. The van der Waals surface area contributed by atoms with Gasteiger partial charge in [-0.05, 0) is 45.9 Å². The Bertz CT molecular complexity index is 718. The molecule has 24 heavy (non-hydrogen) atoms. The minimum atomic E-state index is -0.155. The van der Waals surface area contributed by atoms with Crippen molar-refractivity contribution in [1.29, 1.82) is 0 Å². The predicted molar refractivity (Wildman–Crippen MR) is 101 cm³/mol. The fraction of sp³-hybridized carbons (Fsp3) is 0.278. The average molecular weight is 441 g/mol. The first-order valence-corrected chi connectivity index (χ1v) is 8.43. The first kappa shape index (κ1) is 18.5. The molecule has 0 saturated carbocycles. The molecule has 0 aliphatic rings. The highest BCUT2D eigenvalue weighted by Gasteiger charge is 2.15. The van der Waals surface area contributed by atoms with Gasteiger partial charge in [-0.3, -0.25) is 4.79 Å². The quantitative estimate of drug-likeness (QED) is 0.670. The van der Waals surface area contributed by atoms with Crippen molar-refractivity contribution < 1.29 is 19.0 Å². The fourth-order valence-corrected chi connectivity index (χ4v) is 2.99. The maximum Gasteiger partial charge on any atom is 0.252 e. The van der Waals surface area contributed by atoms with Crippen molar-refractivity contribution >= 4 is 28.5 Å². The van der Waals surface area contributed by atoms with E-state index in [0.717, 1.165) is 14.7 Å². The van der Waals surface area contributed by atoms with E-state index in [-0.39, 0.29) is 5.91 Å². The molecule has 2 rings (SSSR count). The van der Waals surface area contributed by atoms with Crippen LogP contribution in [0.5, 0.6) is 11.5 Å². The maximum atomic E-state index is 12.5. The number of amides is 1. The Morgan fingerprint density at radius 2 is 1.71 bits per heavy atom. The minimum Gasteiger partial charge on any atom is -0.493 e. The van der Waals surface area contributed by atoms with Gasteiger partial charge in [0.05, 0.1) is 26.4 Å². The van der Waals surface area contributed by atoms with Crippen LogP contribution < -0.4 is 14.8 Å². The number of hydrogen-bond donors (Lipinski definition) is 1. The Labute approximate surface area is 155 Å². The normalized spacial score (nSPS) is 10.3. The number of hydrogen-bond acceptors (Lipinski definition) is 4. The van der Waals surface area contributed by atoms with Gasteiger partial charge in [-0.25, -0.2) is 0 Å². The molecule has 1 amide bonds. The Morgan fingerprint density at radius 3 is 2.38 bits per heavy atom. The molecule has 0 radical (unpaired) electrons. The second kappa shape index (κ2) is 8.89. The molecule has 1 N–H and O–H groups in total. The molecular weight excluding hydrogens is 421 g/mol. The zero-order valence-corrected chi connectivity index (χ0v) is 16.0. The molecule has 0 spiro atoms. The van der Waals surface area contributed by atoms with Crippen LogP contribution in [0.3, 0.4) is 0 Å². The van der Waals surface area contributed by atoms with E-state index in [1.54, 1.807) is 33.5 Å². The van der Waals surface area contributed by atoms with E-state index in [2.05, 4.69) is 27.9 Å². The summed E-state index contributed by atoms with van der Waals surface area (Å²) in [5, 5.41) is 2.93. The summed E-state index contributed by atoms with van der Waals surface area (Å²) in [6, 6.07) is 11.4. The summed E-state index contributed by atoms with van der Waals surface area (Å²) in [5.41, 5.74) is 2.65. The number of carbonyl (C=O) groups is 1. The second-order valence-electron chi connectivity index (χ2n) is 5.12. The molecule has 0 saturated heterocycles. The first-order chi connectivity index (χ1) is 11.6. The van der Waals surface area contributed by atoms with E-state index in [1.165, 1.54) is 0 Å². The fourth-order valence-electron chi connectivity index (χ4n) is 2.30. The number of rotatable bonds is 7. The van der Waals surface area contributed by atoms with Gasteiger partial charge in [-0.15, -0.1) is 0 Å². The summed E-state index contributed by atoms with van der Waals surface area (Å²) in [6.07, 6.45) is 0. The molecule has 0 atom stereocenters. The summed E-state index contributed by atoms with van der Waals surface area (Å²) >= 11 is 2.12. The van der Waals surface area contributed by atoms with E-state index < -0.39 is 0 Å². The van der Waals surface area contributed by atoms with Crippen LogP contribution in [0, 0.1) is 3.57 Å². The van der Waals surface area contributed by atoms with Gasteiger partial charge in [-0.1, -0.05) is 24.3 Å². The molecule has 2 aromatic carbocycles. The molecule has 0 unspecified atom stereocenters. The lowest BCUT2D eigenvalue weighted by Gasteiger charge is -2.12. The lowest BCUT2D eigenvalue weighted by molar-refractivity contribution is 0.0949. The molecule has 0 aliphatic carbocycles. The third kappa shape index (κ3) is 4.61. The standard InChI is InChI=1S/C18H20INO4/c1-22-11-13-6-4-5-12(7-13)10-20-18(21)14-8-16(23-2)17(24-3)9-15(14)19/h4-9H,10-11H2,1-3H3,(H,20,21). The van der Waals surface area contributed by atoms with Gasteiger partial charge in [0.25, 0.3) is 5.91 Å². The number of ether oxygens (including phenoxy) is 3. The van der Waals surface area contributed by atoms with Crippen molar-refractivity contribution in [2.45, 2.75) is 13.2 Å². The van der Waals surface area contributed by atoms with Crippen molar-refractivity contribution in [2.75, 3.05) is 21.3 Å². The zero-order chi connectivity index (χ0) is 17.5. The molecule has 2 aromatic rings. The summed E-state index contributed by atoms with van der Waals surface area (Å²) in [4.78, 5) is 12.5. The molecule has 0 fully saturated rings. The van der Waals surface area contributed by atoms with E-state index in [1.807, 2.05) is 24.3 Å². The SMILES string of the molecule is COCc1cccc(CNC(=O)c2cc(OC)c(OC)cc2I)c1. The van der Waals surface area contributed by atoms with Crippen LogP contribution in [0.25, 0.3) is 0 Å². The van der Waals surface area contributed by atoms with Gasteiger partial charge >= 0.3 is 0 Å². The van der Waals surface area contributed by atoms with Gasteiger partial charge in [0, 0.05) is 17.2 Å². The van der Waals surface area contributed by atoms with E-state index in [9.17, 15) is 4.79 Å². The van der Waals surface area contributed by atoms with Gasteiger partial charge in [0.15, 0.2) is 11.5 Å². The van der Waals surface area contributed by atoms with E-state index >= 15 is 0 Å². The van der Waals surface area contributed by atoms with Crippen molar-refractivity contribution in [3.8, 4) is 11.5 Å². The summed E-state index contributed by atoms with van der Waals surface area (Å²) in [6.45, 7) is 0.996. The van der Waals surface area contributed by atoms with Crippen LogP contribution in [0.2, 0.25) is 0 Å². The third-order valence-corrected chi connectivity index (χ3v) is 4.37. The number of methoxy groups -OCH3 is 3. The highest BCUT2D eigenvalue weighted by molar-refractivity contribution is 14.1. The largest absolute Gasteiger partial charge is 0.493 e. The van der Waals surface area contributed by atoms with Gasteiger partial charge in [-0.2, -0.15) is 0 Å². The van der Waals surface area contributed by atoms with Crippen LogP contribution in [0.1, 0.15) is 21.5 Å². The topological polar surface area (TPSA) is 56.8 Å². The molecule has 5 nitrogen and oxygen atoms in total. The Morgan fingerprint density at radius 1 is 1.04 bits per heavy atom. The summed E-state index contributed by atoms with van der Waals surface area (Å²) in [5.74, 6) is 0.980. The third-order valence-electron chi connectivity index (χ3n) is 3.47. The number of halogens is 1. The first-order valence-electron chi connectivity index (χ1n) is 7.35. The second-order valence-corrected chi connectivity index (χ2v) is 6.28. The molecule has 6 heteroatoms. The van der Waals surface area contributed by atoms with Crippen molar-refractivity contribution in [3.05, 3.63) is 56.7 Å². The predicted octanol–water partition coefficient (Wildman–Crippen LogP) is 3.38. The number of benzene rings is 2. The van der Waals surface area contributed by atoms with E-state index in [0.29, 0.717) is 30.2 Å². The van der Waals surface area contributed by atoms with Crippen LogP contribution in [0.4, 0.5) is 0 Å². The van der Waals surface area contributed by atoms with Gasteiger partial charge in [0.2, 0.25) is 0 Å². The van der Waals surface area contributed by atoms with Crippen molar-refractivity contribution in [1.82, 2.24) is 5.32 Å². The van der Waals surface area contributed by atoms with Gasteiger partial charge < -0.3 is 19.5 Å². The smallest absolute Gasteiger partial charge is 0.252 e. The molecule has 0 aromatic heterocycles. The van der Waals surface area contributed by atoms with Crippen LogP contribution in [0.15, 0.2) is 36.4 Å². The zero-order valence-electron chi connectivity index (χ0n) is 13.9.